The minimum absolute atomic E-state index is 0.183. The van der Waals surface area contributed by atoms with Crippen LogP contribution in [0.5, 0.6) is 0 Å². The van der Waals surface area contributed by atoms with Crippen molar-refractivity contribution in [3.05, 3.63) is 30.4 Å². The van der Waals surface area contributed by atoms with Crippen molar-refractivity contribution >= 4 is 0 Å². The molecule has 0 spiro atoms. The summed E-state index contributed by atoms with van der Waals surface area (Å²) in [4.78, 5) is 11.0. The fourth-order valence-corrected chi connectivity index (χ4v) is 2.96. The smallest absolute Gasteiger partial charge is 0.244 e. The minimum atomic E-state index is 0.183. The van der Waals surface area contributed by atoms with E-state index in [1.54, 1.807) is 12.4 Å². The van der Waals surface area contributed by atoms with E-state index in [-0.39, 0.29) is 6.04 Å². The number of nitrogens with zero attached hydrogens (tertiary/aromatic N) is 4. The van der Waals surface area contributed by atoms with Crippen LogP contribution in [0.4, 0.5) is 0 Å². The normalized spacial score (nSPS) is 21.3. The molecule has 1 aliphatic rings. The first-order chi connectivity index (χ1) is 10.3. The predicted molar refractivity (Wildman–Crippen MR) is 80.5 cm³/mol. The fraction of sp³-hybridized carbons (Fsp3) is 0.562. The van der Waals surface area contributed by atoms with Crippen LogP contribution >= 0.6 is 0 Å². The van der Waals surface area contributed by atoms with E-state index in [4.69, 9.17) is 4.52 Å². The molecule has 1 aliphatic heterocycles. The molecule has 0 radical (unpaired) electrons. The van der Waals surface area contributed by atoms with E-state index in [0.29, 0.717) is 11.7 Å². The molecular formula is C16H22N4O. The van der Waals surface area contributed by atoms with Gasteiger partial charge in [0, 0.05) is 24.5 Å². The molecule has 0 unspecified atom stereocenters. The largest absolute Gasteiger partial charge is 0.337 e. The molecule has 3 heterocycles. The van der Waals surface area contributed by atoms with Gasteiger partial charge in [0.1, 0.15) is 0 Å². The van der Waals surface area contributed by atoms with E-state index in [9.17, 15) is 0 Å². The summed E-state index contributed by atoms with van der Waals surface area (Å²) in [6.45, 7) is 6.67. The van der Waals surface area contributed by atoms with Crippen molar-refractivity contribution in [3.8, 4) is 11.4 Å². The highest BCUT2D eigenvalue weighted by Crippen LogP contribution is 2.28. The van der Waals surface area contributed by atoms with E-state index in [2.05, 4.69) is 33.9 Å². The molecule has 0 saturated carbocycles. The zero-order valence-electron chi connectivity index (χ0n) is 12.7. The molecule has 0 aromatic carbocycles. The summed E-state index contributed by atoms with van der Waals surface area (Å²) < 4.78 is 5.48. The van der Waals surface area contributed by atoms with Crippen LogP contribution in [0.1, 0.15) is 45.0 Å². The number of hydrogen-bond donors (Lipinski definition) is 0. The number of rotatable bonds is 4. The van der Waals surface area contributed by atoms with E-state index in [1.807, 2.05) is 12.1 Å². The van der Waals surface area contributed by atoms with Gasteiger partial charge in [-0.05, 0) is 44.4 Å². The second kappa shape index (κ2) is 6.35. The Balaban J connectivity index is 1.73. The van der Waals surface area contributed by atoms with Gasteiger partial charge in [-0.1, -0.05) is 18.5 Å². The Labute approximate surface area is 125 Å². The lowest BCUT2D eigenvalue weighted by Gasteiger charge is -2.34. The van der Waals surface area contributed by atoms with Crippen molar-refractivity contribution in [1.29, 1.82) is 0 Å². The standard InChI is InChI=1S/C16H22N4O/c1-3-13-5-4-10-20(11-13)12(2)16-18-15(19-21-16)14-6-8-17-9-7-14/h6-9,12-13H,3-5,10-11H2,1-2H3/t12-,13-/m0/s1. The maximum atomic E-state index is 5.48. The highest BCUT2D eigenvalue weighted by molar-refractivity contribution is 5.52. The maximum absolute atomic E-state index is 5.48. The topological polar surface area (TPSA) is 55.1 Å². The summed E-state index contributed by atoms with van der Waals surface area (Å²) in [5.41, 5.74) is 0.942. The van der Waals surface area contributed by atoms with Gasteiger partial charge in [0.05, 0.1) is 6.04 Å². The highest BCUT2D eigenvalue weighted by atomic mass is 16.5. The molecule has 5 nitrogen and oxygen atoms in total. The summed E-state index contributed by atoms with van der Waals surface area (Å²) in [5.74, 6) is 2.14. The quantitative estimate of drug-likeness (QED) is 0.863. The van der Waals surface area contributed by atoms with Crippen LogP contribution in [0.3, 0.4) is 0 Å². The van der Waals surface area contributed by atoms with E-state index < -0.39 is 0 Å². The van der Waals surface area contributed by atoms with Crippen molar-refractivity contribution in [2.75, 3.05) is 13.1 Å². The molecule has 2 atom stereocenters. The molecule has 2 aromatic rings. The van der Waals surface area contributed by atoms with Gasteiger partial charge in [0.2, 0.25) is 11.7 Å². The van der Waals surface area contributed by atoms with Gasteiger partial charge in [-0.3, -0.25) is 9.88 Å². The van der Waals surface area contributed by atoms with Crippen molar-refractivity contribution in [2.45, 2.75) is 39.2 Å². The van der Waals surface area contributed by atoms with Crippen LogP contribution in [0.25, 0.3) is 11.4 Å². The van der Waals surface area contributed by atoms with Gasteiger partial charge in [0.15, 0.2) is 0 Å². The van der Waals surface area contributed by atoms with Crippen LogP contribution in [0.15, 0.2) is 29.0 Å². The SMILES string of the molecule is CC[C@H]1CCCN([C@@H](C)c2nc(-c3ccncc3)no2)C1. The van der Waals surface area contributed by atoms with Crippen LogP contribution in [-0.4, -0.2) is 33.1 Å². The third kappa shape index (κ3) is 3.13. The van der Waals surface area contributed by atoms with Crippen molar-refractivity contribution in [3.63, 3.8) is 0 Å². The van der Waals surface area contributed by atoms with Gasteiger partial charge < -0.3 is 4.52 Å². The van der Waals surface area contributed by atoms with Gasteiger partial charge >= 0.3 is 0 Å². The Morgan fingerprint density at radius 1 is 1.38 bits per heavy atom. The Bertz CT molecular complexity index is 569. The zero-order chi connectivity index (χ0) is 14.7. The monoisotopic (exact) mass is 286 g/mol. The van der Waals surface area contributed by atoms with Gasteiger partial charge in [-0.25, -0.2) is 0 Å². The molecule has 0 amide bonds. The molecule has 21 heavy (non-hydrogen) atoms. The summed E-state index contributed by atoms with van der Waals surface area (Å²) in [7, 11) is 0. The van der Waals surface area contributed by atoms with E-state index in [1.165, 1.54) is 19.3 Å². The molecule has 1 saturated heterocycles. The van der Waals surface area contributed by atoms with E-state index >= 15 is 0 Å². The fourth-order valence-electron chi connectivity index (χ4n) is 2.96. The van der Waals surface area contributed by atoms with Gasteiger partial charge in [-0.15, -0.1) is 0 Å². The Morgan fingerprint density at radius 3 is 2.95 bits per heavy atom. The minimum Gasteiger partial charge on any atom is -0.337 e. The van der Waals surface area contributed by atoms with Crippen LogP contribution in [-0.2, 0) is 0 Å². The number of likely N-dealkylation sites (tertiary alicyclic amines) is 1. The third-order valence-electron chi connectivity index (χ3n) is 4.41. The van der Waals surface area contributed by atoms with Gasteiger partial charge in [-0.2, -0.15) is 4.98 Å². The molecule has 0 bridgehead atoms. The lowest BCUT2D eigenvalue weighted by atomic mass is 9.95. The summed E-state index contributed by atoms with van der Waals surface area (Å²) >= 11 is 0. The Hall–Kier alpha value is -1.75. The van der Waals surface area contributed by atoms with Crippen molar-refractivity contribution in [2.24, 2.45) is 5.92 Å². The number of pyridine rings is 1. The number of piperidine rings is 1. The third-order valence-corrected chi connectivity index (χ3v) is 4.41. The molecule has 0 N–H and O–H groups in total. The first-order valence-corrected chi connectivity index (χ1v) is 7.76. The molecule has 1 fully saturated rings. The second-order valence-electron chi connectivity index (χ2n) is 5.78. The molecule has 0 aliphatic carbocycles. The van der Waals surface area contributed by atoms with Crippen molar-refractivity contribution in [1.82, 2.24) is 20.0 Å². The van der Waals surface area contributed by atoms with E-state index in [0.717, 1.165) is 24.6 Å². The summed E-state index contributed by atoms with van der Waals surface area (Å²) in [5, 5.41) is 4.10. The summed E-state index contributed by atoms with van der Waals surface area (Å²) in [6.07, 6.45) is 7.33. The van der Waals surface area contributed by atoms with Crippen LogP contribution < -0.4 is 0 Å². The van der Waals surface area contributed by atoms with Crippen molar-refractivity contribution < 1.29 is 4.52 Å². The Kier molecular flexibility index (Phi) is 4.29. The average Bonchev–Trinajstić information content (AvgIpc) is 3.05. The zero-order valence-corrected chi connectivity index (χ0v) is 12.7. The molecule has 2 aromatic heterocycles. The van der Waals surface area contributed by atoms with Gasteiger partial charge in [0.25, 0.3) is 0 Å². The predicted octanol–water partition coefficient (Wildman–Crippen LogP) is 3.31. The molecule has 5 heteroatoms. The average molecular weight is 286 g/mol. The van der Waals surface area contributed by atoms with Crippen LogP contribution in [0, 0.1) is 5.92 Å². The molecule has 3 rings (SSSR count). The first kappa shape index (κ1) is 14.2. The highest BCUT2D eigenvalue weighted by Gasteiger charge is 2.26. The summed E-state index contributed by atoms with van der Waals surface area (Å²) in [6, 6.07) is 3.98. The first-order valence-electron chi connectivity index (χ1n) is 7.76. The molecular weight excluding hydrogens is 264 g/mol. The number of aromatic nitrogens is 3. The maximum Gasteiger partial charge on any atom is 0.244 e. The number of hydrogen-bond acceptors (Lipinski definition) is 5. The second-order valence-corrected chi connectivity index (χ2v) is 5.78. The molecule has 112 valence electrons. The van der Waals surface area contributed by atoms with Crippen LogP contribution in [0.2, 0.25) is 0 Å². The lowest BCUT2D eigenvalue weighted by Crippen LogP contribution is -2.37. The Morgan fingerprint density at radius 2 is 2.19 bits per heavy atom. The lowest BCUT2D eigenvalue weighted by molar-refractivity contribution is 0.109.